The molecule has 0 saturated heterocycles. The lowest BCUT2D eigenvalue weighted by Crippen LogP contribution is -2.27. The highest BCUT2D eigenvalue weighted by Gasteiger charge is 2.17. The van der Waals surface area contributed by atoms with Crippen LogP contribution in [0.25, 0.3) is 22.6 Å². The number of amides is 1. The number of hydrogen-bond acceptors (Lipinski definition) is 5. The van der Waals surface area contributed by atoms with Gasteiger partial charge < -0.3 is 13.9 Å². The number of nitrogens with one attached hydrogen (secondary N) is 1. The minimum absolute atomic E-state index is 0.147. The van der Waals surface area contributed by atoms with E-state index in [1.807, 2.05) is 0 Å². The summed E-state index contributed by atoms with van der Waals surface area (Å²) in [7, 11) is 1.40. The van der Waals surface area contributed by atoms with Crippen molar-refractivity contribution in [3.63, 3.8) is 0 Å². The first-order valence-electron chi connectivity index (χ1n) is 8.00. The smallest absolute Gasteiger partial charge is 0.412 e. The normalized spacial score (nSPS) is 11.4. The van der Waals surface area contributed by atoms with Gasteiger partial charge in [0.25, 0.3) is 0 Å². The highest BCUT2D eigenvalue weighted by Crippen LogP contribution is 2.29. The van der Waals surface area contributed by atoms with Gasteiger partial charge in [0.2, 0.25) is 5.89 Å². The quantitative estimate of drug-likeness (QED) is 0.714. The van der Waals surface area contributed by atoms with E-state index in [2.05, 4.69) is 10.3 Å². The molecule has 0 aliphatic carbocycles. The largest absolute Gasteiger partial charge is 0.494 e. The number of carbonyl (C=O) groups excluding carboxylic acids is 1. The Kier molecular flexibility index (Phi) is 4.54. The van der Waals surface area contributed by atoms with Crippen LogP contribution in [0.2, 0.25) is 0 Å². The zero-order valence-corrected chi connectivity index (χ0v) is 14.9. The molecule has 1 aromatic heterocycles. The molecule has 0 atom stereocenters. The zero-order valence-electron chi connectivity index (χ0n) is 14.9. The van der Waals surface area contributed by atoms with Crippen molar-refractivity contribution in [2.24, 2.45) is 0 Å². The molecule has 1 amide bonds. The van der Waals surface area contributed by atoms with E-state index in [1.165, 1.54) is 19.2 Å². The van der Waals surface area contributed by atoms with Gasteiger partial charge >= 0.3 is 6.09 Å². The van der Waals surface area contributed by atoms with Crippen LogP contribution >= 0.6 is 0 Å². The number of fused-ring (bicyclic) bond motifs is 1. The average molecular weight is 358 g/mol. The van der Waals surface area contributed by atoms with Gasteiger partial charge in [0.1, 0.15) is 11.1 Å². The maximum Gasteiger partial charge on any atom is 0.412 e. The molecule has 0 fully saturated rings. The fraction of sp³-hybridized carbons (Fsp3) is 0.263. The summed E-state index contributed by atoms with van der Waals surface area (Å²) in [4.78, 5) is 16.2. The van der Waals surface area contributed by atoms with Gasteiger partial charge in [-0.1, -0.05) is 0 Å². The predicted molar refractivity (Wildman–Crippen MR) is 95.8 cm³/mol. The minimum Gasteiger partial charge on any atom is -0.494 e. The van der Waals surface area contributed by atoms with E-state index in [1.54, 1.807) is 45.0 Å². The number of carbonyl (C=O) groups is 1. The number of nitrogens with zero attached hydrogens (tertiary/aromatic N) is 1. The summed E-state index contributed by atoms with van der Waals surface area (Å²) in [6, 6.07) is 9.48. The SMILES string of the molecule is COc1ccc(-c2nc3cc(NC(=O)OC(C)(C)C)ccc3o2)cc1F. The molecule has 2 aromatic carbocycles. The monoisotopic (exact) mass is 358 g/mol. The molecule has 136 valence electrons. The second-order valence-electron chi connectivity index (χ2n) is 6.68. The molecule has 6 nitrogen and oxygen atoms in total. The zero-order chi connectivity index (χ0) is 18.9. The highest BCUT2D eigenvalue weighted by molar-refractivity contribution is 5.89. The van der Waals surface area contributed by atoms with Crippen molar-refractivity contribution >= 4 is 22.9 Å². The molecule has 0 spiro atoms. The summed E-state index contributed by atoms with van der Waals surface area (Å²) in [5.41, 5.74) is 1.47. The van der Waals surface area contributed by atoms with Crippen LogP contribution in [-0.4, -0.2) is 23.8 Å². The van der Waals surface area contributed by atoms with Crippen LogP contribution in [0.5, 0.6) is 5.75 Å². The first-order chi connectivity index (χ1) is 12.2. The van der Waals surface area contributed by atoms with E-state index < -0.39 is 17.5 Å². The van der Waals surface area contributed by atoms with E-state index in [0.717, 1.165) is 0 Å². The first-order valence-corrected chi connectivity index (χ1v) is 8.00. The molecule has 1 N–H and O–H groups in total. The molecule has 26 heavy (non-hydrogen) atoms. The van der Waals surface area contributed by atoms with E-state index in [4.69, 9.17) is 13.9 Å². The number of ether oxygens (including phenoxy) is 2. The van der Waals surface area contributed by atoms with Crippen molar-refractivity contribution in [3.05, 3.63) is 42.2 Å². The van der Waals surface area contributed by atoms with Crippen molar-refractivity contribution in [2.45, 2.75) is 26.4 Å². The molecule has 0 radical (unpaired) electrons. The second kappa shape index (κ2) is 6.67. The maximum atomic E-state index is 13.9. The van der Waals surface area contributed by atoms with Crippen LogP contribution in [0.4, 0.5) is 14.9 Å². The summed E-state index contributed by atoms with van der Waals surface area (Å²) in [6.45, 7) is 5.36. The Morgan fingerprint density at radius 1 is 1.19 bits per heavy atom. The first kappa shape index (κ1) is 17.7. The Morgan fingerprint density at radius 3 is 2.62 bits per heavy atom. The predicted octanol–water partition coefficient (Wildman–Crippen LogP) is 4.99. The van der Waals surface area contributed by atoms with Crippen molar-refractivity contribution in [1.29, 1.82) is 0 Å². The van der Waals surface area contributed by atoms with Gasteiger partial charge in [-0.25, -0.2) is 14.2 Å². The lowest BCUT2D eigenvalue weighted by Gasteiger charge is -2.19. The topological polar surface area (TPSA) is 73.6 Å². The van der Waals surface area contributed by atoms with Crippen LogP contribution in [0.15, 0.2) is 40.8 Å². The maximum absolute atomic E-state index is 13.9. The van der Waals surface area contributed by atoms with Gasteiger partial charge in [0.05, 0.1) is 7.11 Å². The van der Waals surface area contributed by atoms with Crippen molar-refractivity contribution in [2.75, 3.05) is 12.4 Å². The third-order valence-corrected chi connectivity index (χ3v) is 3.43. The van der Waals surface area contributed by atoms with Crippen LogP contribution in [-0.2, 0) is 4.74 Å². The lowest BCUT2D eigenvalue weighted by atomic mass is 10.2. The van der Waals surface area contributed by atoms with Gasteiger partial charge in [-0.2, -0.15) is 0 Å². The number of aromatic nitrogens is 1. The molecule has 0 bridgehead atoms. The summed E-state index contributed by atoms with van der Waals surface area (Å²) < 4.78 is 29.7. The molecular weight excluding hydrogens is 339 g/mol. The molecule has 0 aliphatic heterocycles. The Hall–Kier alpha value is -3.09. The molecule has 3 rings (SSSR count). The van der Waals surface area contributed by atoms with Gasteiger partial charge in [-0.15, -0.1) is 0 Å². The molecule has 0 saturated carbocycles. The van der Waals surface area contributed by atoms with Crippen LogP contribution < -0.4 is 10.1 Å². The van der Waals surface area contributed by atoms with Crippen LogP contribution in [0.1, 0.15) is 20.8 Å². The Labute approximate surface area is 149 Å². The molecular formula is C19H19FN2O4. The Bertz CT molecular complexity index is 960. The number of benzene rings is 2. The molecule has 0 aliphatic rings. The molecule has 1 heterocycles. The summed E-state index contributed by atoms with van der Waals surface area (Å²) in [5.74, 6) is -0.0794. The van der Waals surface area contributed by atoms with E-state index in [-0.39, 0.29) is 11.6 Å². The van der Waals surface area contributed by atoms with E-state index in [9.17, 15) is 9.18 Å². The highest BCUT2D eigenvalue weighted by atomic mass is 19.1. The van der Waals surface area contributed by atoms with Crippen LogP contribution in [0, 0.1) is 5.82 Å². The van der Waals surface area contributed by atoms with Gasteiger partial charge in [0, 0.05) is 11.3 Å². The third-order valence-electron chi connectivity index (χ3n) is 3.43. The number of halogens is 1. The van der Waals surface area contributed by atoms with Gasteiger partial charge in [-0.3, -0.25) is 5.32 Å². The number of methoxy groups -OCH3 is 1. The standard InChI is InChI=1S/C19H19FN2O4/c1-19(2,3)26-18(23)21-12-6-8-16-14(10-12)22-17(25-16)11-5-7-15(24-4)13(20)9-11/h5-10H,1-4H3,(H,21,23). The Balaban J connectivity index is 1.85. The number of anilines is 1. The number of hydrogen-bond donors (Lipinski definition) is 1. The van der Waals surface area contributed by atoms with E-state index >= 15 is 0 Å². The van der Waals surface area contributed by atoms with Crippen molar-refractivity contribution in [1.82, 2.24) is 4.98 Å². The van der Waals surface area contributed by atoms with Gasteiger partial charge in [0.15, 0.2) is 17.1 Å². The lowest BCUT2D eigenvalue weighted by molar-refractivity contribution is 0.0636. The van der Waals surface area contributed by atoms with Crippen LogP contribution in [0.3, 0.4) is 0 Å². The van der Waals surface area contributed by atoms with Gasteiger partial charge in [-0.05, 0) is 57.2 Å². The average Bonchev–Trinajstić information content (AvgIpc) is 2.96. The summed E-state index contributed by atoms with van der Waals surface area (Å²) >= 11 is 0. The molecule has 0 unspecified atom stereocenters. The number of oxazole rings is 1. The number of rotatable bonds is 3. The fourth-order valence-corrected chi connectivity index (χ4v) is 2.35. The molecule has 7 heteroatoms. The Morgan fingerprint density at radius 2 is 1.96 bits per heavy atom. The van der Waals surface area contributed by atoms with Crippen molar-refractivity contribution < 1.29 is 23.1 Å². The summed E-state index contributed by atoms with van der Waals surface area (Å²) in [6.07, 6.45) is -0.558. The fourth-order valence-electron chi connectivity index (χ4n) is 2.35. The van der Waals surface area contributed by atoms with E-state index in [0.29, 0.717) is 22.4 Å². The second-order valence-corrected chi connectivity index (χ2v) is 6.68. The minimum atomic E-state index is -0.590. The molecule has 3 aromatic rings. The summed E-state index contributed by atoms with van der Waals surface area (Å²) in [5, 5.41) is 2.64. The van der Waals surface area contributed by atoms with Crippen molar-refractivity contribution in [3.8, 4) is 17.2 Å². The third kappa shape index (κ3) is 3.93.